The van der Waals surface area contributed by atoms with Crippen LogP contribution >= 0.6 is 0 Å². The van der Waals surface area contributed by atoms with Crippen LogP contribution in [0.1, 0.15) is 11.4 Å². The standard InChI is InChI=1S/C11H17N3O2/c1-10-3-2-4-11(13-10)9-12-14(5-7-15)6-8-16/h2-4,9,15-16H,5-8H2,1H3/b12-9-. The van der Waals surface area contributed by atoms with Crippen LogP contribution in [0.5, 0.6) is 0 Å². The normalized spacial score (nSPS) is 10.9. The van der Waals surface area contributed by atoms with Crippen molar-refractivity contribution in [1.29, 1.82) is 0 Å². The first-order chi connectivity index (χ1) is 7.76. The first-order valence-corrected chi connectivity index (χ1v) is 5.20. The molecule has 0 amide bonds. The van der Waals surface area contributed by atoms with Crippen molar-refractivity contribution < 1.29 is 10.2 Å². The molecule has 16 heavy (non-hydrogen) atoms. The van der Waals surface area contributed by atoms with Crippen molar-refractivity contribution in [2.45, 2.75) is 6.92 Å². The van der Waals surface area contributed by atoms with Gasteiger partial charge in [-0.15, -0.1) is 0 Å². The van der Waals surface area contributed by atoms with Crippen LogP contribution in [-0.4, -0.2) is 52.7 Å². The number of aryl methyl sites for hydroxylation is 1. The summed E-state index contributed by atoms with van der Waals surface area (Å²) in [4.78, 5) is 4.26. The minimum Gasteiger partial charge on any atom is -0.394 e. The van der Waals surface area contributed by atoms with Crippen molar-refractivity contribution in [3.05, 3.63) is 29.6 Å². The molecule has 1 rings (SSSR count). The molecule has 0 aliphatic carbocycles. The average molecular weight is 223 g/mol. The first kappa shape index (κ1) is 12.6. The Bertz CT molecular complexity index is 336. The molecule has 1 heterocycles. The Labute approximate surface area is 95.1 Å². The molecule has 0 saturated heterocycles. The number of rotatable bonds is 6. The minimum absolute atomic E-state index is 0.0125. The van der Waals surface area contributed by atoms with Gasteiger partial charge in [-0.1, -0.05) is 6.07 Å². The molecule has 88 valence electrons. The van der Waals surface area contributed by atoms with Gasteiger partial charge < -0.3 is 10.2 Å². The van der Waals surface area contributed by atoms with E-state index in [1.807, 2.05) is 25.1 Å². The van der Waals surface area contributed by atoms with Crippen LogP contribution in [-0.2, 0) is 0 Å². The molecule has 0 aromatic carbocycles. The summed E-state index contributed by atoms with van der Waals surface area (Å²) in [6.07, 6.45) is 1.62. The van der Waals surface area contributed by atoms with Gasteiger partial charge in [-0.3, -0.25) is 9.99 Å². The second-order valence-electron chi connectivity index (χ2n) is 3.35. The van der Waals surface area contributed by atoms with E-state index in [2.05, 4.69) is 10.1 Å². The molecule has 1 aromatic heterocycles. The van der Waals surface area contributed by atoms with Gasteiger partial charge in [0, 0.05) is 5.69 Å². The quantitative estimate of drug-likeness (QED) is 0.526. The molecule has 2 N–H and O–H groups in total. The van der Waals surface area contributed by atoms with E-state index in [0.29, 0.717) is 13.1 Å². The van der Waals surface area contributed by atoms with Gasteiger partial charge in [0.15, 0.2) is 0 Å². The zero-order chi connectivity index (χ0) is 11.8. The number of hydrogen-bond acceptors (Lipinski definition) is 5. The number of hydrazone groups is 1. The number of pyridine rings is 1. The third-order valence-corrected chi connectivity index (χ3v) is 1.98. The molecule has 0 fully saturated rings. The molecule has 5 nitrogen and oxygen atoms in total. The van der Waals surface area contributed by atoms with Gasteiger partial charge in [0.25, 0.3) is 0 Å². The highest BCUT2D eigenvalue weighted by molar-refractivity contribution is 5.76. The lowest BCUT2D eigenvalue weighted by molar-refractivity contribution is 0.166. The van der Waals surface area contributed by atoms with Crippen molar-refractivity contribution in [1.82, 2.24) is 9.99 Å². The molecule has 0 bridgehead atoms. The average Bonchev–Trinajstić information content (AvgIpc) is 2.27. The maximum atomic E-state index is 8.79. The summed E-state index contributed by atoms with van der Waals surface area (Å²) in [7, 11) is 0. The summed E-state index contributed by atoms with van der Waals surface area (Å²) >= 11 is 0. The third-order valence-electron chi connectivity index (χ3n) is 1.98. The fraction of sp³-hybridized carbons (Fsp3) is 0.455. The predicted octanol–water partition coefficient (Wildman–Crippen LogP) is 0.0105. The van der Waals surface area contributed by atoms with Crippen molar-refractivity contribution in [3.8, 4) is 0 Å². The Balaban J connectivity index is 2.62. The maximum absolute atomic E-state index is 8.79. The van der Waals surface area contributed by atoms with Gasteiger partial charge in [0.1, 0.15) is 0 Å². The van der Waals surface area contributed by atoms with E-state index in [1.165, 1.54) is 0 Å². The van der Waals surface area contributed by atoms with Gasteiger partial charge in [-0.05, 0) is 19.1 Å². The molecular weight excluding hydrogens is 206 g/mol. The molecule has 5 heteroatoms. The highest BCUT2D eigenvalue weighted by Gasteiger charge is 1.98. The third kappa shape index (κ3) is 4.37. The van der Waals surface area contributed by atoms with Crippen LogP contribution in [0.2, 0.25) is 0 Å². The second kappa shape index (κ2) is 6.92. The van der Waals surface area contributed by atoms with Crippen molar-refractivity contribution in [3.63, 3.8) is 0 Å². The number of hydrogen-bond donors (Lipinski definition) is 2. The highest BCUT2D eigenvalue weighted by Crippen LogP contribution is 1.96. The Morgan fingerprint density at radius 3 is 2.56 bits per heavy atom. The lowest BCUT2D eigenvalue weighted by atomic mass is 10.3. The fourth-order valence-corrected chi connectivity index (χ4v) is 1.23. The van der Waals surface area contributed by atoms with Gasteiger partial charge in [-0.2, -0.15) is 5.10 Å². The summed E-state index contributed by atoms with van der Waals surface area (Å²) < 4.78 is 0. The monoisotopic (exact) mass is 223 g/mol. The van der Waals surface area contributed by atoms with Crippen LogP contribution in [0.3, 0.4) is 0 Å². The molecule has 0 atom stereocenters. The molecule has 0 saturated carbocycles. The van der Waals surface area contributed by atoms with Crippen LogP contribution in [0.15, 0.2) is 23.3 Å². The van der Waals surface area contributed by atoms with E-state index < -0.39 is 0 Å². The predicted molar refractivity (Wildman–Crippen MR) is 62.3 cm³/mol. The van der Waals surface area contributed by atoms with Gasteiger partial charge in [0.2, 0.25) is 0 Å². The van der Waals surface area contributed by atoms with E-state index in [4.69, 9.17) is 10.2 Å². The SMILES string of the molecule is Cc1cccc(/C=N\N(CCO)CCO)n1. The number of aromatic nitrogens is 1. The summed E-state index contributed by atoms with van der Waals surface area (Å²) in [5, 5.41) is 23.3. The Hall–Kier alpha value is -1.46. The van der Waals surface area contributed by atoms with Crippen molar-refractivity contribution in [2.75, 3.05) is 26.3 Å². The summed E-state index contributed by atoms with van der Waals surface area (Å²) in [6.45, 7) is 2.75. The van der Waals surface area contributed by atoms with Crippen LogP contribution in [0.25, 0.3) is 0 Å². The molecule has 0 unspecified atom stereocenters. The molecule has 1 aromatic rings. The summed E-state index contributed by atoms with van der Waals surface area (Å²) in [6, 6.07) is 5.68. The van der Waals surface area contributed by atoms with E-state index in [0.717, 1.165) is 11.4 Å². The van der Waals surface area contributed by atoms with E-state index in [1.54, 1.807) is 11.2 Å². The zero-order valence-electron chi connectivity index (χ0n) is 9.37. The van der Waals surface area contributed by atoms with E-state index in [-0.39, 0.29) is 13.2 Å². The van der Waals surface area contributed by atoms with Crippen LogP contribution < -0.4 is 0 Å². The highest BCUT2D eigenvalue weighted by atomic mass is 16.3. The van der Waals surface area contributed by atoms with Crippen molar-refractivity contribution in [2.24, 2.45) is 5.10 Å². The fourth-order valence-electron chi connectivity index (χ4n) is 1.23. The van der Waals surface area contributed by atoms with E-state index >= 15 is 0 Å². The maximum Gasteiger partial charge on any atom is 0.0833 e. The number of aliphatic hydroxyl groups excluding tert-OH is 2. The molecule has 0 spiro atoms. The Kier molecular flexibility index (Phi) is 5.45. The zero-order valence-corrected chi connectivity index (χ0v) is 9.37. The molecule has 0 aliphatic heterocycles. The van der Waals surface area contributed by atoms with Gasteiger partial charge in [-0.25, -0.2) is 0 Å². The smallest absolute Gasteiger partial charge is 0.0833 e. The largest absolute Gasteiger partial charge is 0.394 e. The van der Waals surface area contributed by atoms with Crippen LogP contribution in [0.4, 0.5) is 0 Å². The number of nitrogens with zero attached hydrogens (tertiary/aromatic N) is 3. The molecule has 0 aliphatic rings. The summed E-state index contributed by atoms with van der Waals surface area (Å²) in [5.74, 6) is 0. The number of aliphatic hydroxyl groups is 2. The van der Waals surface area contributed by atoms with Gasteiger partial charge >= 0.3 is 0 Å². The van der Waals surface area contributed by atoms with E-state index in [9.17, 15) is 0 Å². The summed E-state index contributed by atoms with van der Waals surface area (Å²) in [5.41, 5.74) is 1.70. The Morgan fingerprint density at radius 2 is 2.00 bits per heavy atom. The van der Waals surface area contributed by atoms with Gasteiger partial charge in [0.05, 0.1) is 38.2 Å². The molecule has 0 radical (unpaired) electrons. The van der Waals surface area contributed by atoms with Crippen molar-refractivity contribution >= 4 is 6.21 Å². The first-order valence-electron chi connectivity index (χ1n) is 5.20. The second-order valence-corrected chi connectivity index (χ2v) is 3.35. The van der Waals surface area contributed by atoms with Crippen LogP contribution in [0, 0.1) is 6.92 Å². The molecular formula is C11H17N3O2. The minimum atomic E-state index is 0.0125. The lowest BCUT2D eigenvalue weighted by Crippen LogP contribution is -2.24. The lowest BCUT2D eigenvalue weighted by Gasteiger charge is -2.15. The Morgan fingerprint density at radius 1 is 1.31 bits per heavy atom. The topological polar surface area (TPSA) is 69.0 Å².